The van der Waals surface area contributed by atoms with E-state index in [9.17, 15) is 35.5 Å². The average molecular weight is 1560 g/mol. The van der Waals surface area contributed by atoms with Crippen molar-refractivity contribution in [3.63, 3.8) is 0 Å². The summed E-state index contributed by atoms with van der Waals surface area (Å²) in [6, 6.07) is 39.7. The number of H-pyrrole nitrogens is 2. The Balaban J connectivity index is 0.000000160. The van der Waals surface area contributed by atoms with Gasteiger partial charge < -0.3 is 37.6 Å². The topological polar surface area (TPSA) is 174 Å². The third kappa shape index (κ3) is 19.7. The summed E-state index contributed by atoms with van der Waals surface area (Å²) < 4.78 is 117. The number of ether oxygens (including phenoxy) is 2. The molecule has 6 aromatic heterocycles. The van der Waals surface area contributed by atoms with Gasteiger partial charge in [-0.1, -0.05) is 18.2 Å². The van der Waals surface area contributed by atoms with E-state index >= 15 is 0 Å². The molecule has 0 unspecified atom stereocenters. The zero-order valence-electron chi connectivity index (χ0n) is 51.0. The molecule has 0 bridgehead atoms. The number of phenols is 1. The molecule has 6 heterocycles. The van der Waals surface area contributed by atoms with E-state index in [1.54, 1.807) is 55.8 Å². The van der Waals surface area contributed by atoms with E-state index in [1.165, 1.54) is 81.1 Å². The molecule has 0 aliphatic rings. The molecule has 480 valence electrons. The van der Waals surface area contributed by atoms with E-state index < -0.39 is 39.8 Å². The fourth-order valence-electron chi connectivity index (χ4n) is 10.0. The van der Waals surface area contributed by atoms with Gasteiger partial charge >= 0.3 is 167 Å². The van der Waals surface area contributed by atoms with Crippen LogP contribution in [0.4, 0.5) is 33.3 Å². The first-order valence-electron chi connectivity index (χ1n) is 29.2. The molecule has 0 amide bonds. The summed E-state index contributed by atoms with van der Waals surface area (Å²) >= 11 is 3.03. The minimum atomic E-state index is -5.72. The van der Waals surface area contributed by atoms with Gasteiger partial charge in [0.2, 0.25) is 0 Å². The van der Waals surface area contributed by atoms with Gasteiger partial charge in [-0.2, -0.15) is 21.6 Å². The van der Waals surface area contributed by atoms with Crippen LogP contribution in [0.25, 0.3) is 75.2 Å². The molecule has 6 aromatic carbocycles. The molecule has 23 heteroatoms. The van der Waals surface area contributed by atoms with Crippen molar-refractivity contribution in [2.24, 2.45) is 0 Å². The monoisotopic (exact) mass is 1560 g/mol. The Morgan fingerprint density at radius 1 is 0.630 bits per heavy atom. The number of nitrogens with one attached hydrogen (secondary N) is 2. The number of pyridine rings is 2. The van der Waals surface area contributed by atoms with Crippen molar-refractivity contribution >= 4 is 148 Å². The first kappa shape index (κ1) is 71.8. The molecule has 12 rings (SSSR count). The second-order valence-corrected chi connectivity index (χ2v) is 37.7. The Kier molecular flexibility index (Phi) is 26.8. The molecule has 0 spiro atoms. The standard InChI is InChI=1S/C11H9F3O5S.C10H10O3.C9H5BrFN.C9H5FN.C9H5IN2.C9H6N2.3C4H9.Sn/c1-17-6-7-4-8(5-10-9(7)2-3-18-10)19-20(15,16)11(12,13)14;1-12-6-7-4-8(11)5-10-9(7)2-3-13-10;10-9-4-1-6-5-7(11)2-3-8(6)12-9;10-8-3-4-9-7(6-8)2-1-5-11-9;1-11-6-2-3-9-7(4-6)8(10)5-12-9;1-10-8-2-3-9-7(6-8)4-5-11-9;3*1-3-4-2;/h2-5H,6H2,1H3;2-5,11H,6H2,1H3;1-5H;1-4,6H;2-5,12H;2-6,11H;3*1,3-4H2,2H3;. The number of methoxy groups -OCH3 is 2. The largest absolute Gasteiger partial charge is 0.534 e. The Hall–Kier alpha value is -7.59. The predicted octanol–water partition coefficient (Wildman–Crippen LogP) is 20.7. The van der Waals surface area contributed by atoms with Crippen LogP contribution in [0, 0.1) is 28.3 Å². The summed E-state index contributed by atoms with van der Waals surface area (Å²) in [5, 5.41) is 14.9. The maximum atomic E-state index is 13.5. The number of aromatic nitrogens is 4. The number of aromatic hydroxyl groups is 1. The normalized spacial score (nSPS) is 11.3. The number of halogens is 7. The number of fused-ring (bicyclic) bond motifs is 6. The number of furan rings is 2. The van der Waals surface area contributed by atoms with Crippen LogP contribution in [0.15, 0.2) is 178 Å². The van der Waals surface area contributed by atoms with Gasteiger partial charge in [0.1, 0.15) is 33.1 Å². The van der Waals surface area contributed by atoms with Gasteiger partial charge in [0.25, 0.3) is 0 Å². The first-order chi connectivity index (χ1) is 44.2. The minimum absolute atomic E-state index is 0.0687. The van der Waals surface area contributed by atoms with Crippen LogP contribution in [0.5, 0.6) is 11.5 Å². The molecule has 0 atom stereocenters. The molecule has 0 saturated heterocycles. The van der Waals surface area contributed by atoms with Crippen molar-refractivity contribution in [3.05, 3.63) is 218 Å². The Morgan fingerprint density at radius 2 is 1.17 bits per heavy atom. The Bertz CT molecular complexity index is 4540. The number of alkyl halides is 3. The number of benzene rings is 6. The van der Waals surface area contributed by atoms with E-state index in [4.69, 9.17) is 36.4 Å². The first-order valence-corrected chi connectivity index (χ1v) is 40.0. The molecule has 92 heavy (non-hydrogen) atoms. The molecule has 0 saturated carbocycles. The molecule has 0 aliphatic carbocycles. The predicted molar refractivity (Wildman–Crippen MR) is 369 cm³/mol. The molecule has 0 radical (unpaired) electrons. The third-order valence-electron chi connectivity index (χ3n) is 14.6. The number of rotatable bonds is 16. The van der Waals surface area contributed by atoms with E-state index in [0.29, 0.717) is 34.5 Å². The van der Waals surface area contributed by atoms with Gasteiger partial charge in [0.05, 0.1) is 44.4 Å². The molecule has 0 aliphatic heterocycles. The summed E-state index contributed by atoms with van der Waals surface area (Å²) in [5.41, 5.74) is 2.11. The number of aromatic amines is 2. The van der Waals surface area contributed by atoms with Crippen LogP contribution < -0.4 is 7.89 Å². The van der Waals surface area contributed by atoms with Crippen molar-refractivity contribution in [1.29, 1.82) is 0 Å². The summed E-state index contributed by atoms with van der Waals surface area (Å²) in [7, 11) is -2.70. The quantitative estimate of drug-likeness (QED) is 0.0161. The van der Waals surface area contributed by atoms with Crippen molar-refractivity contribution in [3.8, 4) is 11.5 Å². The van der Waals surface area contributed by atoms with E-state index in [2.05, 4.69) is 100 Å². The van der Waals surface area contributed by atoms with Crippen LogP contribution in [-0.4, -0.2) is 71.6 Å². The second kappa shape index (κ2) is 34.4. The molecule has 3 N–H and O–H groups in total. The number of hydrogen-bond donors (Lipinski definition) is 3. The molecular formula is C69H67BrF5IN6O8SSn. The van der Waals surface area contributed by atoms with Gasteiger partial charge in [0, 0.05) is 74.9 Å². The van der Waals surface area contributed by atoms with Crippen molar-refractivity contribution in [2.75, 3.05) is 14.2 Å². The zero-order chi connectivity index (χ0) is 66.4. The van der Waals surface area contributed by atoms with Gasteiger partial charge in [-0.05, 0) is 134 Å². The summed E-state index contributed by atoms with van der Waals surface area (Å²) in [6.45, 7) is 21.1. The summed E-state index contributed by atoms with van der Waals surface area (Å²) in [4.78, 5) is 22.1. The Labute approximate surface area is 556 Å². The van der Waals surface area contributed by atoms with E-state index in [1.807, 2.05) is 73.1 Å². The summed E-state index contributed by atoms with van der Waals surface area (Å²) in [6.07, 6.45) is 14.6. The SMILES string of the molecule is CCC[CH2][Sn]([CH2]CCC)([CH2]CCC)[c]1ccc2cc(F)ccc2n1.COCc1cc(O)cc2occc12.COCc1cc(OS(=O)(=O)C(F)(F)F)cc2occc12.Fc1ccc2nc(Br)ccc2c1.[C-]#[N+]c1ccc2[nH]cc(I)c2c1.[C-]#[N+]c1ccc2[nH]ccc2c1. The number of phenolic OH excluding ortho intramolecular Hbond substituents is 1. The van der Waals surface area contributed by atoms with Crippen LogP contribution in [0.3, 0.4) is 0 Å². The second-order valence-electron chi connectivity index (χ2n) is 21.1. The third-order valence-corrected chi connectivity index (χ3v) is 32.0. The van der Waals surface area contributed by atoms with Crippen LogP contribution in [0.2, 0.25) is 13.3 Å². The van der Waals surface area contributed by atoms with Gasteiger partial charge in [-0.15, -0.1) is 0 Å². The number of unbranched alkanes of at least 4 members (excludes halogenated alkanes) is 3. The van der Waals surface area contributed by atoms with Crippen LogP contribution >= 0.6 is 38.5 Å². The number of hydrogen-bond acceptors (Lipinski definition) is 10. The van der Waals surface area contributed by atoms with Crippen LogP contribution in [-0.2, 0) is 32.8 Å². The molecule has 12 aromatic rings. The fraction of sp³-hybridized carbons (Fsp3) is 0.246. The molecule has 14 nitrogen and oxygen atoms in total. The van der Waals surface area contributed by atoms with Crippen molar-refractivity contribution in [1.82, 2.24) is 19.9 Å². The van der Waals surface area contributed by atoms with Crippen LogP contribution in [0.1, 0.15) is 70.4 Å². The molecular weight excluding hydrogens is 1490 g/mol. The van der Waals surface area contributed by atoms with E-state index in [0.717, 1.165) is 74.9 Å². The maximum Gasteiger partial charge on any atom is 0.534 e. The van der Waals surface area contributed by atoms with Gasteiger partial charge in [0.15, 0.2) is 11.4 Å². The maximum absolute atomic E-state index is 13.5. The zero-order valence-corrected chi connectivity index (χ0v) is 58.4. The van der Waals surface area contributed by atoms with Gasteiger partial charge in [-0.3, -0.25) is 0 Å². The van der Waals surface area contributed by atoms with Crippen molar-refractivity contribution < 1.29 is 58.0 Å². The summed E-state index contributed by atoms with van der Waals surface area (Å²) in [5.74, 6) is -0.687. The average Bonchev–Trinajstić information content (AvgIpc) is 0.990. The van der Waals surface area contributed by atoms with E-state index in [-0.39, 0.29) is 29.6 Å². The number of nitrogens with zero attached hydrogens (tertiary/aromatic N) is 4. The molecule has 0 fully saturated rings. The fourth-order valence-corrected chi connectivity index (χ4v) is 26.8. The Morgan fingerprint density at radius 3 is 1.74 bits per heavy atom. The minimum Gasteiger partial charge on any atom is -0.508 e. The van der Waals surface area contributed by atoms with Crippen molar-refractivity contribution in [2.45, 2.75) is 91.3 Å². The smallest absolute Gasteiger partial charge is 0.508 e. The van der Waals surface area contributed by atoms with Gasteiger partial charge in [-0.25, -0.2) is 19.1 Å².